The lowest BCUT2D eigenvalue weighted by Crippen LogP contribution is -2.28. The van der Waals surface area contributed by atoms with E-state index in [1.165, 1.54) is 0 Å². The van der Waals surface area contributed by atoms with Crippen LogP contribution in [0.2, 0.25) is 0 Å². The lowest BCUT2D eigenvalue weighted by atomic mass is 10.2. The zero-order valence-electron chi connectivity index (χ0n) is 9.71. The second-order valence-corrected chi connectivity index (χ2v) is 4.49. The monoisotopic (exact) mass is 285 g/mol. The molecule has 0 fully saturated rings. The highest BCUT2D eigenvalue weighted by atomic mass is 79.9. The number of anilines is 1. The van der Waals surface area contributed by atoms with Gasteiger partial charge in [-0.05, 0) is 38.5 Å². The van der Waals surface area contributed by atoms with Crippen molar-refractivity contribution < 1.29 is 9.53 Å². The van der Waals surface area contributed by atoms with Crippen LogP contribution in [0.4, 0.5) is 5.69 Å². The van der Waals surface area contributed by atoms with Crippen LogP contribution in [-0.4, -0.2) is 18.6 Å². The number of nitrogens with one attached hydrogen (secondary N) is 1. The Morgan fingerprint density at radius 1 is 1.56 bits per heavy atom. The van der Waals surface area contributed by atoms with Crippen LogP contribution in [0.1, 0.15) is 19.4 Å². The standard InChI is InChI=1S/C12H16BrNO2/c1-4-16-12(15)9(3)14-11-7-10(13)6-5-8(11)2/h5-7,9,14H,4H2,1-3H3. The zero-order chi connectivity index (χ0) is 12.1. The average molecular weight is 286 g/mol. The summed E-state index contributed by atoms with van der Waals surface area (Å²) in [5.74, 6) is -0.234. The number of rotatable bonds is 4. The average Bonchev–Trinajstić information content (AvgIpc) is 2.23. The maximum atomic E-state index is 11.4. The summed E-state index contributed by atoms with van der Waals surface area (Å²) in [7, 11) is 0. The first kappa shape index (κ1) is 13.0. The quantitative estimate of drug-likeness (QED) is 0.864. The molecule has 1 N–H and O–H groups in total. The van der Waals surface area contributed by atoms with E-state index in [-0.39, 0.29) is 12.0 Å². The molecule has 16 heavy (non-hydrogen) atoms. The van der Waals surface area contributed by atoms with Crippen molar-refractivity contribution in [2.45, 2.75) is 26.8 Å². The molecule has 0 heterocycles. The van der Waals surface area contributed by atoms with Crippen molar-refractivity contribution in [1.29, 1.82) is 0 Å². The molecule has 0 spiro atoms. The third kappa shape index (κ3) is 3.52. The van der Waals surface area contributed by atoms with Gasteiger partial charge in [0, 0.05) is 10.2 Å². The van der Waals surface area contributed by atoms with Crippen molar-refractivity contribution in [1.82, 2.24) is 0 Å². The molecular weight excluding hydrogens is 270 g/mol. The van der Waals surface area contributed by atoms with Crippen molar-refractivity contribution >= 4 is 27.6 Å². The highest BCUT2D eigenvalue weighted by Crippen LogP contribution is 2.21. The summed E-state index contributed by atoms with van der Waals surface area (Å²) in [5, 5.41) is 3.13. The summed E-state index contributed by atoms with van der Waals surface area (Å²) in [6.07, 6.45) is 0. The van der Waals surface area contributed by atoms with E-state index >= 15 is 0 Å². The minimum absolute atomic E-state index is 0.234. The highest BCUT2D eigenvalue weighted by molar-refractivity contribution is 9.10. The Balaban J connectivity index is 2.72. The molecule has 0 saturated heterocycles. The molecule has 0 bridgehead atoms. The molecule has 0 aliphatic rings. The molecule has 1 rings (SSSR count). The molecule has 0 aliphatic heterocycles. The molecule has 3 nitrogen and oxygen atoms in total. The Hall–Kier alpha value is -1.03. The number of ether oxygens (including phenoxy) is 1. The fourth-order valence-electron chi connectivity index (χ4n) is 1.31. The van der Waals surface area contributed by atoms with Gasteiger partial charge in [-0.25, -0.2) is 4.79 Å². The summed E-state index contributed by atoms with van der Waals surface area (Å²) in [6, 6.07) is 5.57. The van der Waals surface area contributed by atoms with Crippen LogP contribution in [0.15, 0.2) is 22.7 Å². The van der Waals surface area contributed by atoms with Crippen LogP contribution in [0.25, 0.3) is 0 Å². The number of esters is 1. The third-order valence-corrected chi connectivity index (χ3v) is 2.71. The van der Waals surface area contributed by atoms with Crippen LogP contribution in [0, 0.1) is 6.92 Å². The Morgan fingerprint density at radius 2 is 2.25 bits per heavy atom. The van der Waals surface area contributed by atoms with Gasteiger partial charge < -0.3 is 10.1 Å². The molecule has 1 aromatic carbocycles. The van der Waals surface area contributed by atoms with Crippen molar-refractivity contribution in [2.75, 3.05) is 11.9 Å². The van der Waals surface area contributed by atoms with E-state index < -0.39 is 0 Å². The topological polar surface area (TPSA) is 38.3 Å². The lowest BCUT2D eigenvalue weighted by Gasteiger charge is -2.15. The molecule has 1 unspecified atom stereocenters. The second kappa shape index (κ2) is 5.89. The minimum atomic E-state index is -0.340. The highest BCUT2D eigenvalue weighted by Gasteiger charge is 2.14. The summed E-state index contributed by atoms with van der Waals surface area (Å²) in [5.41, 5.74) is 2.04. The van der Waals surface area contributed by atoms with E-state index in [2.05, 4.69) is 21.2 Å². The molecule has 0 aromatic heterocycles. The zero-order valence-corrected chi connectivity index (χ0v) is 11.3. The van der Waals surface area contributed by atoms with E-state index in [1.54, 1.807) is 13.8 Å². The van der Waals surface area contributed by atoms with E-state index in [9.17, 15) is 4.79 Å². The van der Waals surface area contributed by atoms with Gasteiger partial charge >= 0.3 is 5.97 Å². The normalized spacial score (nSPS) is 12.0. The fraction of sp³-hybridized carbons (Fsp3) is 0.417. The predicted molar refractivity (Wildman–Crippen MR) is 68.6 cm³/mol. The Kier molecular flexibility index (Phi) is 4.80. The summed E-state index contributed by atoms with van der Waals surface area (Å²) >= 11 is 3.40. The van der Waals surface area contributed by atoms with Crippen LogP contribution in [0.3, 0.4) is 0 Å². The van der Waals surface area contributed by atoms with Crippen molar-refractivity contribution in [3.63, 3.8) is 0 Å². The first-order chi connectivity index (χ1) is 7.54. The first-order valence-electron chi connectivity index (χ1n) is 5.24. The van der Waals surface area contributed by atoms with E-state index in [0.717, 1.165) is 15.7 Å². The van der Waals surface area contributed by atoms with Crippen molar-refractivity contribution in [3.05, 3.63) is 28.2 Å². The lowest BCUT2D eigenvalue weighted by molar-refractivity contribution is -0.143. The van der Waals surface area contributed by atoms with E-state index in [0.29, 0.717) is 6.61 Å². The molecule has 0 amide bonds. The van der Waals surface area contributed by atoms with Gasteiger partial charge in [-0.1, -0.05) is 22.0 Å². The van der Waals surface area contributed by atoms with Crippen molar-refractivity contribution in [2.24, 2.45) is 0 Å². The molecular formula is C12H16BrNO2. The molecule has 4 heteroatoms. The van der Waals surface area contributed by atoms with Gasteiger partial charge in [0.25, 0.3) is 0 Å². The van der Waals surface area contributed by atoms with Crippen LogP contribution < -0.4 is 5.32 Å². The molecule has 1 aromatic rings. The number of benzene rings is 1. The van der Waals surface area contributed by atoms with Gasteiger partial charge in [0.15, 0.2) is 0 Å². The van der Waals surface area contributed by atoms with Gasteiger partial charge in [0.1, 0.15) is 6.04 Å². The van der Waals surface area contributed by atoms with Crippen molar-refractivity contribution in [3.8, 4) is 0 Å². The number of carbonyl (C=O) groups excluding carboxylic acids is 1. The molecule has 88 valence electrons. The maximum absolute atomic E-state index is 11.4. The van der Waals surface area contributed by atoms with Gasteiger partial charge in [-0.2, -0.15) is 0 Å². The largest absolute Gasteiger partial charge is 0.464 e. The second-order valence-electron chi connectivity index (χ2n) is 3.58. The fourth-order valence-corrected chi connectivity index (χ4v) is 1.67. The summed E-state index contributed by atoms with van der Waals surface area (Å²) < 4.78 is 5.92. The van der Waals surface area contributed by atoms with Crippen LogP contribution >= 0.6 is 15.9 Å². The van der Waals surface area contributed by atoms with Crippen LogP contribution in [-0.2, 0) is 9.53 Å². The minimum Gasteiger partial charge on any atom is -0.464 e. The van der Waals surface area contributed by atoms with Gasteiger partial charge in [-0.3, -0.25) is 0 Å². The van der Waals surface area contributed by atoms with Crippen LogP contribution in [0.5, 0.6) is 0 Å². The molecule has 1 atom stereocenters. The van der Waals surface area contributed by atoms with E-state index in [1.807, 2.05) is 25.1 Å². The number of hydrogen-bond donors (Lipinski definition) is 1. The Labute approximate surface area is 104 Å². The molecule has 0 saturated carbocycles. The maximum Gasteiger partial charge on any atom is 0.328 e. The molecule has 0 radical (unpaired) electrons. The summed E-state index contributed by atoms with van der Waals surface area (Å²) in [4.78, 5) is 11.4. The smallest absolute Gasteiger partial charge is 0.328 e. The number of aryl methyl sites for hydroxylation is 1. The predicted octanol–water partition coefficient (Wildman–Crippen LogP) is 3.12. The Bertz CT molecular complexity index is 379. The summed E-state index contributed by atoms with van der Waals surface area (Å²) in [6.45, 7) is 5.99. The number of hydrogen-bond acceptors (Lipinski definition) is 3. The number of carbonyl (C=O) groups is 1. The first-order valence-corrected chi connectivity index (χ1v) is 6.03. The van der Waals surface area contributed by atoms with Gasteiger partial charge in [-0.15, -0.1) is 0 Å². The van der Waals surface area contributed by atoms with E-state index in [4.69, 9.17) is 4.74 Å². The third-order valence-electron chi connectivity index (χ3n) is 2.21. The Morgan fingerprint density at radius 3 is 2.88 bits per heavy atom. The molecule has 0 aliphatic carbocycles. The van der Waals surface area contributed by atoms with Gasteiger partial charge in [0.2, 0.25) is 0 Å². The SMILES string of the molecule is CCOC(=O)C(C)Nc1cc(Br)ccc1C. The van der Waals surface area contributed by atoms with Gasteiger partial charge in [0.05, 0.1) is 6.61 Å². The number of halogens is 1.